The van der Waals surface area contributed by atoms with Crippen LogP contribution in [0, 0.1) is 0 Å². The summed E-state index contributed by atoms with van der Waals surface area (Å²) in [4.78, 5) is 11.8. The zero-order valence-corrected chi connectivity index (χ0v) is 15.6. The second kappa shape index (κ2) is 8.14. The minimum atomic E-state index is -3.49. The van der Waals surface area contributed by atoms with Crippen LogP contribution in [0.4, 0.5) is 0 Å². The first-order valence-corrected chi connectivity index (χ1v) is 9.95. The van der Waals surface area contributed by atoms with Gasteiger partial charge in [-0.3, -0.25) is 4.79 Å². The van der Waals surface area contributed by atoms with Gasteiger partial charge in [0, 0.05) is 18.5 Å². The molecule has 0 spiro atoms. The Kier molecular flexibility index (Phi) is 6.43. The Morgan fingerprint density at radius 1 is 1.21 bits per heavy atom. The van der Waals surface area contributed by atoms with Gasteiger partial charge in [-0.1, -0.05) is 49.9 Å². The summed E-state index contributed by atoms with van der Waals surface area (Å²) in [5, 5.41) is 3.22. The van der Waals surface area contributed by atoms with Gasteiger partial charge in [0.25, 0.3) is 0 Å². The van der Waals surface area contributed by atoms with Gasteiger partial charge in [-0.15, -0.1) is 0 Å². The third-order valence-electron chi connectivity index (χ3n) is 3.95. The number of benzene rings is 1. The van der Waals surface area contributed by atoms with E-state index in [1.165, 1.54) is 11.2 Å². The van der Waals surface area contributed by atoms with E-state index in [0.717, 1.165) is 25.7 Å². The number of sulfonamides is 1. The van der Waals surface area contributed by atoms with Gasteiger partial charge in [0.05, 0.1) is 17.1 Å². The van der Waals surface area contributed by atoms with Gasteiger partial charge in [0.2, 0.25) is 15.9 Å². The van der Waals surface area contributed by atoms with E-state index in [0.29, 0.717) is 29.4 Å². The summed E-state index contributed by atoms with van der Waals surface area (Å²) in [6.07, 6.45) is 4.10. The van der Waals surface area contributed by atoms with E-state index in [4.69, 9.17) is 11.6 Å². The maximum atomic E-state index is 12.6. The number of unbranched alkanes of at least 4 members (excludes halogenated alkanes) is 3. The van der Waals surface area contributed by atoms with Crippen LogP contribution in [0.15, 0.2) is 29.2 Å². The van der Waals surface area contributed by atoms with Gasteiger partial charge < -0.3 is 5.32 Å². The van der Waals surface area contributed by atoms with Crippen LogP contribution >= 0.6 is 11.6 Å². The van der Waals surface area contributed by atoms with Crippen molar-refractivity contribution in [1.82, 2.24) is 9.62 Å². The smallest absolute Gasteiger partial charge is 0.242 e. The third kappa shape index (κ3) is 4.37. The maximum absolute atomic E-state index is 12.6. The highest BCUT2D eigenvalue weighted by molar-refractivity contribution is 7.94. The number of nitrogens with one attached hydrogen (secondary N) is 1. The van der Waals surface area contributed by atoms with Crippen molar-refractivity contribution in [3.05, 3.63) is 39.8 Å². The first-order chi connectivity index (χ1) is 11.4. The number of hydrogen-bond donors (Lipinski definition) is 1. The summed E-state index contributed by atoms with van der Waals surface area (Å²) in [6, 6.07) is 6.76. The first kappa shape index (κ1) is 19.0. The average Bonchev–Trinajstić information content (AvgIpc) is 2.52. The van der Waals surface area contributed by atoms with Crippen molar-refractivity contribution in [1.29, 1.82) is 0 Å². The predicted octanol–water partition coefficient (Wildman–Crippen LogP) is 3.37. The minimum absolute atomic E-state index is 0.260. The van der Waals surface area contributed by atoms with Crippen LogP contribution in [0.25, 0.3) is 5.70 Å². The molecule has 1 amide bonds. The van der Waals surface area contributed by atoms with E-state index in [1.54, 1.807) is 24.3 Å². The highest BCUT2D eigenvalue weighted by Gasteiger charge is 2.41. The van der Waals surface area contributed by atoms with Gasteiger partial charge in [0.1, 0.15) is 0 Å². The van der Waals surface area contributed by atoms with Crippen LogP contribution in [0.1, 0.15) is 45.1 Å². The molecule has 0 radical (unpaired) electrons. The SMILES string of the molecule is CCCCCCN1C/C(=C(\NC(C)=O)c2ccc(Cl)cc2)S1(=O)=O. The molecule has 1 N–H and O–H groups in total. The Bertz CT molecular complexity index is 727. The largest absolute Gasteiger partial charge is 0.325 e. The highest BCUT2D eigenvalue weighted by atomic mass is 35.5. The van der Waals surface area contributed by atoms with Crippen molar-refractivity contribution in [2.75, 3.05) is 13.1 Å². The zero-order valence-electron chi connectivity index (χ0n) is 14.0. The lowest BCUT2D eigenvalue weighted by Gasteiger charge is -2.35. The molecule has 7 heteroatoms. The van der Waals surface area contributed by atoms with Crippen molar-refractivity contribution in [3.63, 3.8) is 0 Å². The Hall–Kier alpha value is -1.37. The summed E-state index contributed by atoms with van der Waals surface area (Å²) in [5.74, 6) is -0.302. The lowest BCUT2D eigenvalue weighted by molar-refractivity contribution is -0.117. The van der Waals surface area contributed by atoms with Crippen molar-refractivity contribution in [3.8, 4) is 0 Å². The molecular formula is C17H23ClN2O3S. The molecule has 1 aromatic rings. The lowest BCUT2D eigenvalue weighted by atomic mass is 10.1. The monoisotopic (exact) mass is 370 g/mol. The van der Waals surface area contributed by atoms with E-state index >= 15 is 0 Å². The van der Waals surface area contributed by atoms with Gasteiger partial charge in [0.15, 0.2) is 0 Å². The van der Waals surface area contributed by atoms with Crippen molar-refractivity contribution < 1.29 is 13.2 Å². The Balaban J connectivity index is 2.22. The van der Waals surface area contributed by atoms with Gasteiger partial charge in [-0.2, -0.15) is 4.31 Å². The number of rotatable bonds is 7. The molecule has 0 unspecified atom stereocenters. The maximum Gasteiger partial charge on any atom is 0.242 e. The van der Waals surface area contributed by atoms with E-state index in [9.17, 15) is 13.2 Å². The summed E-state index contributed by atoms with van der Waals surface area (Å²) in [6.45, 7) is 4.34. The Morgan fingerprint density at radius 3 is 2.42 bits per heavy atom. The van der Waals surface area contributed by atoms with Gasteiger partial charge >= 0.3 is 0 Å². The molecule has 5 nitrogen and oxygen atoms in total. The molecular weight excluding hydrogens is 348 g/mol. The van der Waals surface area contributed by atoms with Crippen LogP contribution in [-0.2, 0) is 14.8 Å². The molecule has 132 valence electrons. The molecule has 1 heterocycles. The predicted molar refractivity (Wildman–Crippen MR) is 96.8 cm³/mol. The number of nitrogens with zero attached hydrogens (tertiary/aromatic N) is 1. The van der Waals surface area contributed by atoms with Crippen molar-refractivity contribution in [2.24, 2.45) is 0 Å². The van der Waals surface area contributed by atoms with Crippen molar-refractivity contribution in [2.45, 2.75) is 39.5 Å². The van der Waals surface area contributed by atoms with Gasteiger partial charge in [-0.25, -0.2) is 8.42 Å². The molecule has 2 rings (SSSR count). The molecule has 24 heavy (non-hydrogen) atoms. The summed E-state index contributed by atoms with van der Waals surface area (Å²) in [7, 11) is -3.49. The molecule has 1 saturated heterocycles. The molecule has 0 aliphatic carbocycles. The van der Waals surface area contributed by atoms with Crippen LogP contribution in [0.2, 0.25) is 5.02 Å². The number of hydrogen-bond acceptors (Lipinski definition) is 3. The minimum Gasteiger partial charge on any atom is -0.325 e. The van der Waals surface area contributed by atoms with E-state index < -0.39 is 10.0 Å². The average molecular weight is 371 g/mol. The second-order valence-corrected chi connectivity index (χ2v) is 8.28. The molecule has 0 saturated carbocycles. The number of carbonyl (C=O) groups is 1. The van der Waals surface area contributed by atoms with Crippen LogP contribution in [0.5, 0.6) is 0 Å². The van der Waals surface area contributed by atoms with Crippen LogP contribution < -0.4 is 5.32 Å². The summed E-state index contributed by atoms with van der Waals surface area (Å²) < 4.78 is 26.6. The fourth-order valence-corrected chi connectivity index (χ4v) is 4.27. The number of carbonyl (C=O) groups excluding carboxylic acids is 1. The first-order valence-electron chi connectivity index (χ1n) is 8.13. The number of halogens is 1. The molecule has 1 aliphatic heterocycles. The molecule has 0 atom stereocenters. The van der Waals surface area contributed by atoms with Crippen LogP contribution in [0.3, 0.4) is 0 Å². The third-order valence-corrected chi connectivity index (χ3v) is 6.14. The second-order valence-electron chi connectivity index (χ2n) is 5.89. The highest BCUT2D eigenvalue weighted by Crippen LogP contribution is 2.33. The van der Waals surface area contributed by atoms with Crippen LogP contribution in [-0.4, -0.2) is 31.7 Å². The topological polar surface area (TPSA) is 66.5 Å². The Morgan fingerprint density at radius 2 is 1.88 bits per heavy atom. The molecule has 1 fully saturated rings. The zero-order chi connectivity index (χ0) is 17.7. The molecule has 1 aliphatic rings. The van der Waals surface area contributed by atoms with Crippen molar-refractivity contribution >= 4 is 33.2 Å². The van der Waals surface area contributed by atoms with E-state index in [2.05, 4.69) is 12.2 Å². The summed E-state index contributed by atoms with van der Waals surface area (Å²) in [5.41, 5.74) is 0.989. The Labute approximate surface area is 148 Å². The van der Waals surface area contributed by atoms with E-state index in [1.807, 2.05) is 0 Å². The van der Waals surface area contributed by atoms with Gasteiger partial charge in [-0.05, 0) is 24.1 Å². The summed E-state index contributed by atoms with van der Waals surface area (Å²) >= 11 is 5.88. The number of amides is 1. The standard InChI is InChI=1S/C17H23ClN2O3S/c1-3-4-5-6-11-20-12-16(24(20,22)23)17(19-13(2)21)14-7-9-15(18)10-8-14/h7-10H,3-6,11-12H2,1-2H3,(H,19,21)/b17-16+. The molecule has 1 aromatic carbocycles. The fraction of sp³-hybridized carbons (Fsp3) is 0.471. The molecule has 0 aromatic heterocycles. The quantitative estimate of drug-likeness (QED) is 0.748. The molecule has 0 bridgehead atoms. The normalized spacial score (nSPS) is 18.8. The fourth-order valence-electron chi connectivity index (χ4n) is 2.63. The lowest BCUT2D eigenvalue weighted by Crippen LogP contribution is -2.47. The van der Waals surface area contributed by atoms with E-state index in [-0.39, 0.29) is 10.8 Å².